The Kier molecular flexibility index (Phi) is 7.31. The van der Waals surface area contributed by atoms with E-state index in [1.807, 2.05) is 0 Å². The predicted octanol–water partition coefficient (Wildman–Crippen LogP) is 0.682. The first-order valence-electron chi connectivity index (χ1n) is 6.96. The van der Waals surface area contributed by atoms with E-state index in [2.05, 4.69) is 0 Å². The summed E-state index contributed by atoms with van der Waals surface area (Å²) in [5.41, 5.74) is -1.90. The second-order valence-corrected chi connectivity index (χ2v) is 7.71. The number of rotatable bonds is 4. The van der Waals surface area contributed by atoms with Gasteiger partial charge in [-0.15, -0.1) is 0 Å². The molecular weight excluding hydrogens is 405 g/mol. The lowest BCUT2D eigenvalue weighted by Crippen LogP contribution is -2.68. The zero-order chi connectivity index (χ0) is 19.6. The molecule has 0 aromatic carbocycles. The van der Waals surface area contributed by atoms with Crippen LogP contribution < -0.4 is 0 Å². The number of alkyl halides is 3. The first-order chi connectivity index (χ1) is 11.3. The highest BCUT2D eigenvalue weighted by atomic mass is 35.6. The average Bonchev–Trinajstić information content (AvgIpc) is 2.44. The minimum absolute atomic E-state index is 0.684. The molecule has 9 nitrogen and oxygen atoms in total. The third kappa shape index (κ3) is 5.32. The van der Waals surface area contributed by atoms with Gasteiger partial charge in [0.2, 0.25) is 17.8 Å². The molecule has 144 valence electrons. The van der Waals surface area contributed by atoms with Gasteiger partial charge in [-0.1, -0.05) is 34.8 Å². The molecule has 3 N–H and O–H groups in total. The predicted molar refractivity (Wildman–Crippen MR) is 86.6 cm³/mol. The summed E-state index contributed by atoms with van der Waals surface area (Å²) in [5.74, 6) is -2.47. The van der Waals surface area contributed by atoms with Crippen LogP contribution in [0.15, 0.2) is 0 Å². The summed E-state index contributed by atoms with van der Waals surface area (Å²) in [5, 5.41) is 27.3. The van der Waals surface area contributed by atoms with Gasteiger partial charge in [-0.05, 0) is 6.92 Å². The first kappa shape index (κ1) is 22.2. The minimum Gasteiger partial charge on any atom is -0.455 e. The lowest BCUT2D eigenvalue weighted by atomic mass is 9.87. The van der Waals surface area contributed by atoms with Gasteiger partial charge < -0.3 is 29.2 Å². The normalized spacial score (nSPS) is 32.6. The summed E-state index contributed by atoms with van der Waals surface area (Å²) in [6.07, 6.45) is -5.93. The number of aliphatic hydroxyl groups excluding tert-OH is 2. The SMILES string of the molecule is CC(=O)O[C@H]1[C@H](O)[C@@H](CO)O[C@H](OC(=N)C(Cl)(Cl)Cl)[C@@]1(C)OC(C)=O. The summed E-state index contributed by atoms with van der Waals surface area (Å²) in [6, 6.07) is 0. The van der Waals surface area contributed by atoms with Crippen LogP contribution in [0.1, 0.15) is 20.8 Å². The maximum absolute atomic E-state index is 11.5. The number of halogens is 3. The first-order valence-corrected chi connectivity index (χ1v) is 8.10. The molecule has 0 aromatic heterocycles. The molecule has 0 aliphatic carbocycles. The van der Waals surface area contributed by atoms with Crippen molar-refractivity contribution in [2.45, 2.75) is 54.8 Å². The molecule has 0 amide bonds. The van der Waals surface area contributed by atoms with Crippen molar-refractivity contribution >= 4 is 52.6 Å². The zero-order valence-corrected chi connectivity index (χ0v) is 15.8. The van der Waals surface area contributed by atoms with Crippen molar-refractivity contribution in [1.82, 2.24) is 0 Å². The number of ether oxygens (including phenoxy) is 4. The Labute approximate surface area is 158 Å². The van der Waals surface area contributed by atoms with Gasteiger partial charge in [0.25, 0.3) is 3.79 Å². The molecule has 1 aliphatic rings. The fourth-order valence-corrected chi connectivity index (χ4v) is 2.43. The summed E-state index contributed by atoms with van der Waals surface area (Å²) in [4.78, 5) is 22.9. The van der Waals surface area contributed by atoms with Crippen LogP contribution >= 0.6 is 34.8 Å². The standard InChI is InChI=1S/C13H18Cl3NO8/c1-5(19)22-9-8(21)7(4-18)23-11(12(9,3)25-6(2)20)24-10(17)13(14,15)16/h7-9,11,17-18,21H,4H2,1-3H3/t7-,8-,9+,11-,12+/m1/s1. The molecule has 0 bridgehead atoms. The average molecular weight is 423 g/mol. The maximum Gasteiger partial charge on any atom is 0.303 e. The molecule has 0 saturated carbocycles. The Hall–Kier alpha value is -0.840. The van der Waals surface area contributed by atoms with Gasteiger partial charge in [0, 0.05) is 13.8 Å². The van der Waals surface area contributed by atoms with E-state index in [0.717, 1.165) is 13.8 Å². The molecule has 25 heavy (non-hydrogen) atoms. The molecule has 1 saturated heterocycles. The lowest BCUT2D eigenvalue weighted by molar-refractivity contribution is -0.323. The van der Waals surface area contributed by atoms with E-state index < -0.39 is 58.4 Å². The van der Waals surface area contributed by atoms with Crippen LogP contribution in [0.3, 0.4) is 0 Å². The van der Waals surface area contributed by atoms with Gasteiger partial charge in [0.15, 0.2) is 6.10 Å². The van der Waals surface area contributed by atoms with E-state index in [-0.39, 0.29) is 0 Å². The number of hydrogen-bond donors (Lipinski definition) is 3. The lowest BCUT2D eigenvalue weighted by Gasteiger charge is -2.48. The van der Waals surface area contributed by atoms with Crippen LogP contribution in [-0.4, -0.2) is 68.7 Å². The van der Waals surface area contributed by atoms with Crippen molar-refractivity contribution < 1.29 is 38.7 Å². The monoisotopic (exact) mass is 421 g/mol. The van der Waals surface area contributed by atoms with Crippen LogP contribution in [0, 0.1) is 5.41 Å². The molecule has 1 fully saturated rings. The molecule has 5 atom stereocenters. The van der Waals surface area contributed by atoms with E-state index in [1.54, 1.807) is 0 Å². The van der Waals surface area contributed by atoms with Gasteiger partial charge >= 0.3 is 11.9 Å². The Morgan fingerprint density at radius 3 is 2.20 bits per heavy atom. The van der Waals surface area contributed by atoms with Crippen molar-refractivity contribution in [1.29, 1.82) is 5.41 Å². The molecule has 1 heterocycles. The largest absolute Gasteiger partial charge is 0.455 e. The fraction of sp³-hybridized carbons (Fsp3) is 0.769. The molecule has 0 spiro atoms. The highest BCUT2D eigenvalue weighted by Crippen LogP contribution is 2.38. The van der Waals surface area contributed by atoms with E-state index in [1.165, 1.54) is 6.92 Å². The van der Waals surface area contributed by atoms with Gasteiger partial charge in [0.05, 0.1) is 6.61 Å². The third-order valence-electron chi connectivity index (χ3n) is 3.34. The topological polar surface area (TPSA) is 135 Å². The smallest absolute Gasteiger partial charge is 0.303 e. The summed E-state index contributed by atoms with van der Waals surface area (Å²) in [6.45, 7) is 2.70. The highest BCUT2D eigenvalue weighted by molar-refractivity contribution is 6.76. The number of nitrogens with one attached hydrogen (secondary N) is 1. The molecule has 1 rings (SSSR count). The minimum atomic E-state index is -2.25. The number of esters is 2. The van der Waals surface area contributed by atoms with Crippen LogP contribution in [0.25, 0.3) is 0 Å². The van der Waals surface area contributed by atoms with E-state index in [4.69, 9.17) is 59.2 Å². The van der Waals surface area contributed by atoms with E-state index in [0.29, 0.717) is 0 Å². The van der Waals surface area contributed by atoms with Gasteiger partial charge in [-0.25, -0.2) is 0 Å². The van der Waals surface area contributed by atoms with Gasteiger partial charge in [0.1, 0.15) is 12.2 Å². The molecular formula is C13H18Cl3NO8. The summed E-state index contributed by atoms with van der Waals surface area (Å²) in [7, 11) is 0. The molecule has 1 aliphatic heterocycles. The Morgan fingerprint density at radius 2 is 1.80 bits per heavy atom. The Morgan fingerprint density at radius 1 is 1.24 bits per heavy atom. The van der Waals surface area contributed by atoms with Gasteiger partial charge in [-0.3, -0.25) is 15.0 Å². The van der Waals surface area contributed by atoms with Crippen LogP contribution in [0.5, 0.6) is 0 Å². The van der Waals surface area contributed by atoms with E-state index in [9.17, 15) is 19.8 Å². The van der Waals surface area contributed by atoms with Crippen LogP contribution in [-0.2, 0) is 28.5 Å². The van der Waals surface area contributed by atoms with Crippen LogP contribution in [0.4, 0.5) is 0 Å². The zero-order valence-electron chi connectivity index (χ0n) is 13.5. The second kappa shape index (κ2) is 8.24. The molecule has 0 radical (unpaired) electrons. The third-order valence-corrected chi connectivity index (χ3v) is 3.86. The fourth-order valence-electron chi connectivity index (χ4n) is 2.29. The summed E-state index contributed by atoms with van der Waals surface area (Å²) < 4.78 is 18.4. The quantitative estimate of drug-likeness (QED) is 0.260. The van der Waals surface area contributed by atoms with Crippen LogP contribution in [0.2, 0.25) is 0 Å². The van der Waals surface area contributed by atoms with Crippen molar-refractivity contribution in [3.63, 3.8) is 0 Å². The van der Waals surface area contributed by atoms with E-state index >= 15 is 0 Å². The number of carbonyl (C=O) groups excluding carboxylic acids is 2. The molecule has 12 heteroatoms. The van der Waals surface area contributed by atoms with Crippen molar-refractivity contribution in [3.8, 4) is 0 Å². The number of aliphatic hydroxyl groups is 2. The Bertz CT molecular complexity index is 540. The van der Waals surface area contributed by atoms with Crippen molar-refractivity contribution in [2.24, 2.45) is 0 Å². The maximum atomic E-state index is 11.5. The second-order valence-electron chi connectivity index (χ2n) is 5.43. The molecule has 0 aromatic rings. The number of carbonyl (C=O) groups is 2. The van der Waals surface area contributed by atoms with Crippen molar-refractivity contribution in [3.05, 3.63) is 0 Å². The summed E-state index contributed by atoms with van der Waals surface area (Å²) >= 11 is 16.7. The molecule has 0 unspecified atom stereocenters. The van der Waals surface area contributed by atoms with Gasteiger partial charge in [-0.2, -0.15) is 0 Å². The van der Waals surface area contributed by atoms with Crippen molar-refractivity contribution in [2.75, 3.05) is 6.61 Å². The highest BCUT2D eigenvalue weighted by Gasteiger charge is 2.60. The Balaban J connectivity index is 3.29. The number of hydrogen-bond acceptors (Lipinski definition) is 9.